The molecule has 0 amide bonds. The molecule has 1 aromatic rings. The summed E-state index contributed by atoms with van der Waals surface area (Å²) in [7, 11) is 0. The molecule has 100 valence electrons. The van der Waals surface area contributed by atoms with Crippen LogP contribution < -0.4 is 5.32 Å². The van der Waals surface area contributed by atoms with Gasteiger partial charge in [0.15, 0.2) is 0 Å². The van der Waals surface area contributed by atoms with Gasteiger partial charge in [0.1, 0.15) is 0 Å². The van der Waals surface area contributed by atoms with Gasteiger partial charge in [-0.25, -0.2) is 0 Å². The fourth-order valence-corrected chi connectivity index (χ4v) is 2.26. The van der Waals surface area contributed by atoms with E-state index in [4.69, 9.17) is 6.42 Å². The minimum Gasteiger partial charge on any atom is -0.314 e. The second-order valence-corrected chi connectivity index (χ2v) is 4.73. The number of hydrogen-bond donors (Lipinski definition) is 1. The Kier molecular flexibility index (Phi) is 4.67. The number of rotatable bonds is 3. The van der Waals surface area contributed by atoms with Crippen LogP contribution >= 0.6 is 0 Å². The Morgan fingerprint density at radius 3 is 2.74 bits per heavy atom. The summed E-state index contributed by atoms with van der Waals surface area (Å²) in [6.07, 6.45) is 11.0. The number of terminal acetylenes is 1. The van der Waals surface area contributed by atoms with Gasteiger partial charge in [0, 0.05) is 50.2 Å². The van der Waals surface area contributed by atoms with Crippen LogP contribution in [-0.2, 0) is 0 Å². The van der Waals surface area contributed by atoms with Crippen molar-refractivity contribution in [2.45, 2.75) is 19.9 Å². The molecule has 0 bridgehead atoms. The van der Waals surface area contributed by atoms with Crippen LogP contribution in [0.5, 0.6) is 0 Å². The van der Waals surface area contributed by atoms with Crippen LogP contribution in [0.3, 0.4) is 0 Å². The van der Waals surface area contributed by atoms with Crippen LogP contribution in [0.15, 0.2) is 18.0 Å². The third-order valence-electron chi connectivity index (χ3n) is 3.53. The maximum absolute atomic E-state index is 5.67. The predicted octanol–water partition coefficient (Wildman–Crippen LogP) is 1.10. The average Bonchev–Trinajstić information content (AvgIpc) is 2.47. The number of aromatic nitrogens is 2. The Hall–Kier alpha value is -1.70. The zero-order valence-corrected chi connectivity index (χ0v) is 11.6. The molecule has 1 N–H and O–H groups in total. The number of nitrogens with zero attached hydrogens (tertiary/aromatic N) is 3. The number of piperazine rings is 1. The van der Waals surface area contributed by atoms with Gasteiger partial charge in [0.2, 0.25) is 0 Å². The molecule has 1 saturated heterocycles. The van der Waals surface area contributed by atoms with Crippen molar-refractivity contribution in [2.75, 3.05) is 26.2 Å². The summed E-state index contributed by atoms with van der Waals surface area (Å²) in [6.45, 7) is 8.20. The van der Waals surface area contributed by atoms with E-state index in [1.54, 1.807) is 12.4 Å². The first-order valence-electron chi connectivity index (χ1n) is 6.63. The summed E-state index contributed by atoms with van der Waals surface area (Å²) in [5.74, 6) is 2.81. The zero-order valence-electron chi connectivity index (χ0n) is 11.6. The van der Waals surface area contributed by atoms with E-state index < -0.39 is 0 Å². The molecule has 1 aliphatic rings. The molecule has 0 saturated carbocycles. The van der Waals surface area contributed by atoms with Gasteiger partial charge in [-0.05, 0) is 19.9 Å². The van der Waals surface area contributed by atoms with Crippen LogP contribution in [0.2, 0.25) is 0 Å². The summed E-state index contributed by atoms with van der Waals surface area (Å²) in [5, 5.41) is 3.35. The van der Waals surface area contributed by atoms with Crippen LogP contribution in [0.1, 0.15) is 18.3 Å². The molecule has 0 spiro atoms. The van der Waals surface area contributed by atoms with Gasteiger partial charge in [-0.3, -0.25) is 14.9 Å². The molecule has 2 rings (SSSR count). The van der Waals surface area contributed by atoms with E-state index in [0.29, 0.717) is 0 Å². The van der Waals surface area contributed by atoms with Crippen LogP contribution in [0.25, 0.3) is 6.08 Å². The lowest BCUT2D eigenvalue weighted by atomic mass is 10.1. The minimum atomic E-state index is 0.244. The van der Waals surface area contributed by atoms with Crippen molar-refractivity contribution in [2.24, 2.45) is 0 Å². The highest BCUT2D eigenvalue weighted by molar-refractivity contribution is 5.57. The normalized spacial score (nSPS) is 18.9. The van der Waals surface area contributed by atoms with Crippen molar-refractivity contribution < 1.29 is 0 Å². The lowest BCUT2D eigenvalue weighted by Gasteiger charge is -2.32. The standard InChI is InChI=1S/C15H20N4/c1-4-14(11-15-12(2)17-5-6-18-15)13(3)19-9-7-16-8-10-19/h1,5-6,11,13,16H,7-10H2,2-3H3/b14-11+. The predicted molar refractivity (Wildman–Crippen MR) is 77.5 cm³/mol. The van der Waals surface area contributed by atoms with Gasteiger partial charge in [-0.2, -0.15) is 0 Å². The van der Waals surface area contributed by atoms with Crippen molar-refractivity contribution >= 4 is 6.08 Å². The lowest BCUT2D eigenvalue weighted by Crippen LogP contribution is -2.47. The van der Waals surface area contributed by atoms with Crippen molar-refractivity contribution in [1.82, 2.24) is 20.2 Å². The Morgan fingerprint density at radius 1 is 1.42 bits per heavy atom. The quantitative estimate of drug-likeness (QED) is 0.822. The van der Waals surface area contributed by atoms with E-state index in [1.165, 1.54) is 0 Å². The Morgan fingerprint density at radius 2 is 2.11 bits per heavy atom. The van der Waals surface area contributed by atoms with Crippen LogP contribution in [-0.4, -0.2) is 47.1 Å². The molecule has 4 heteroatoms. The number of aryl methyl sites for hydroxylation is 1. The summed E-state index contributed by atoms with van der Waals surface area (Å²) in [6, 6.07) is 0.244. The SMILES string of the molecule is C#C/C(=C\c1nccnc1C)C(C)N1CCNCC1. The molecule has 19 heavy (non-hydrogen) atoms. The van der Waals surface area contributed by atoms with Gasteiger partial charge in [0.05, 0.1) is 11.4 Å². The zero-order chi connectivity index (χ0) is 13.7. The van der Waals surface area contributed by atoms with Gasteiger partial charge in [0.25, 0.3) is 0 Å². The average molecular weight is 256 g/mol. The van der Waals surface area contributed by atoms with E-state index in [0.717, 1.165) is 43.1 Å². The first kappa shape index (κ1) is 13.7. The molecule has 0 aromatic carbocycles. The van der Waals surface area contributed by atoms with Gasteiger partial charge >= 0.3 is 0 Å². The molecule has 1 atom stereocenters. The third kappa shape index (κ3) is 3.40. The number of hydrogen-bond acceptors (Lipinski definition) is 4. The molecule has 0 radical (unpaired) electrons. The Labute approximate surface area is 114 Å². The second-order valence-electron chi connectivity index (χ2n) is 4.73. The maximum Gasteiger partial charge on any atom is 0.0851 e. The smallest absolute Gasteiger partial charge is 0.0851 e. The van der Waals surface area contributed by atoms with E-state index >= 15 is 0 Å². The highest BCUT2D eigenvalue weighted by atomic mass is 15.2. The van der Waals surface area contributed by atoms with E-state index in [-0.39, 0.29) is 6.04 Å². The summed E-state index contributed by atoms with van der Waals surface area (Å²) in [5.41, 5.74) is 2.73. The minimum absolute atomic E-state index is 0.244. The van der Waals surface area contributed by atoms with Gasteiger partial charge in [-0.15, -0.1) is 6.42 Å². The van der Waals surface area contributed by atoms with E-state index in [9.17, 15) is 0 Å². The van der Waals surface area contributed by atoms with Crippen molar-refractivity contribution in [3.8, 4) is 12.3 Å². The van der Waals surface area contributed by atoms with Crippen molar-refractivity contribution in [3.63, 3.8) is 0 Å². The molecule has 1 unspecified atom stereocenters. The molecule has 1 aliphatic heterocycles. The summed E-state index contributed by atoms with van der Waals surface area (Å²) < 4.78 is 0. The lowest BCUT2D eigenvalue weighted by molar-refractivity contribution is 0.209. The molecule has 1 aromatic heterocycles. The topological polar surface area (TPSA) is 41.1 Å². The second kappa shape index (κ2) is 6.46. The molecular weight excluding hydrogens is 236 g/mol. The fraction of sp³-hybridized carbons (Fsp3) is 0.467. The Balaban J connectivity index is 2.19. The molecule has 1 fully saturated rings. The van der Waals surface area contributed by atoms with E-state index in [2.05, 4.69) is 33.0 Å². The van der Waals surface area contributed by atoms with Gasteiger partial charge in [-0.1, -0.05) is 5.92 Å². The maximum atomic E-state index is 5.67. The highest BCUT2D eigenvalue weighted by Crippen LogP contribution is 2.15. The Bertz CT molecular complexity index is 495. The first-order chi connectivity index (χ1) is 9.22. The van der Waals surface area contributed by atoms with Crippen LogP contribution in [0, 0.1) is 19.3 Å². The highest BCUT2D eigenvalue weighted by Gasteiger charge is 2.19. The summed E-state index contributed by atoms with van der Waals surface area (Å²) >= 11 is 0. The molecular formula is C15H20N4. The fourth-order valence-electron chi connectivity index (χ4n) is 2.26. The molecule has 2 heterocycles. The van der Waals surface area contributed by atoms with Gasteiger partial charge < -0.3 is 5.32 Å². The van der Waals surface area contributed by atoms with Crippen LogP contribution in [0.4, 0.5) is 0 Å². The first-order valence-corrected chi connectivity index (χ1v) is 6.63. The summed E-state index contributed by atoms with van der Waals surface area (Å²) in [4.78, 5) is 11.0. The molecule has 0 aliphatic carbocycles. The van der Waals surface area contributed by atoms with Crippen molar-refractivity contribution in [1.29, 1.82) is 0 Å². The largest absolute Gasteiger partial charge is 0.314 e. The number of nitrogens with one attached hydrogen (secondary N) is 1. The monoisotopic (exact) mass is 256 g/mol. The van der Waals surface area contributed by atoms with E-state index in [1.807, 2.05) is 13.0 Å². The molecule has 4 nitrogen and oxygen atoms in total. The van der Waals surface area contributed by atoms with Crippen molar-refractivity contribution in [3.05, 3.63) is 29.4 Å². The third-order valence-corrected chi connectivity index (χ3v) is 3.53.